The van der Waals surface area contributed by atoms with Crippen molar-refractivity contribution in [1.82, 2.24) is 9.97 Å². The van der Waals surface area contributed by atoms with E-state index in [1.165, 1.54) is 12.3 Å². The van der Waals surface area contributed by atoms with Crippen LogP contribution in [-0.2, 0) is 0 Å². The summed E-state index contributed by atoms with van der Waals surface area (Å²) in [6.45, 7) is 3.51. The smallest absolute Gasteiger partial charge is 0.216 e. The molecule has 0 N–H and O–H groups in total. The maximum Gasteiger partial charge on any atom is 0.216 e. The molecular formula is C17H13FN2O. The fourth-order valence-electron chi connectivity index (χ4n) is 2.40. The fraction of sp³-hybridized carbons (Fsp3) is 0.118. The van der Waals surface area contributed by atoms with E-state index in [1.807, 2.05) is 18.2 Å². The molecule has 0 saturated carbocycles. The lowest BCUT2D eigenvalue weighted by molar-refractivity contribution is 0.103. The Labute approximate surface area is 121 Å². The average Bonchev–Trinajstić information content (AvgIpc) is 2.45. The van der Waals surface area contributed by atoms with E-state index in [-0.39, 0.29) is 11.3 Å². The molecule has 104 valence electrons. The first-order chi connectivity index (χ1) is 10.1. The van der Waals surface area contributed by atoms with Crippen molar-refractivity contribution in [2.75, 3.05) is 0 Å². The Morgan fingerprint density at radius 3 is 2.52 bits per heavy atom. The molecule has 4 heteroatoms. The third kappa shape index (κ3) is 2.40. The second-order valence-electron chi connectivity index (χ2n) is 5.01. The van der Waals surface area contributed by atoms with Crippen molar-refractivity contribution in [1.29, 1.82) is 0 Å². The van der Waals surface area contributed by atoms with Gasteiger partial charge < -0.3 is 0 Å². The molecule has 0 saturated heterocycles. The first-order valence-electron chi connectivity index (χ1n) is 6.59. The number of halogens is 1. The minimum atomic E-state index is -0.521. The summed E-state index contributed by atoms with van der Waals surface area (Å²) in [6, 6.07) is 10.4. The van der Waals surface area contributed by atoms with Crippen LogP contribution in [0.4, 0.5) is 4.39 Å². The van der Waals surface area contributed by atoms with Gasteiger partial charge in [-0.05, 0) is 43.2 Å². The number of benzene rings is 2. The maximum atomic E-state index is 14.1. The minimum absolute atomic E-state index is 0.0604. The first kappa shape index (κ1) is 13.4. The van der Waals surface area contributed by atoms with Crippen molar-refractivity contribution < 1.29 is 9.18 Å². The second kappa shape index (κ2) is 5.05. The molecule has 0 bridgehead atoms. The van der Waals surface area contributed by atoms with E-state index in [0.29, 0.717) is 16.6 Å². The van der Waals surface area contributed by atoms with Gasteiger partial charge in [-0.1, -0.05) is 18.2 Å². The number of nitrogens with zero attached hydrogens (tertiary/aromatic N) is 2. The highest BCUT2D eigenvalue weighted by Gasteiger charge is 2.19. The Morgan fingerprint density at radius 2 is 1.81 bits per heavy atom. The maximum absolute atomic E-state index is 14.1. The predicted molar refractivity (Wildman–Crippen MR) is 78.8 cm³/mol. The van der Waals surface area contributed by atoms with Crippen molar-refractivity contribution in [3.05, 3.63) is 70.8 Å². The normalized spacial score (nSPS) is 10.8. The molecule has 0 atom stereocenters. The monoisotopic (exact) mass is 280 g/mol. The van der Waals surface area contributed by atoms with Crippen LogP contribution in [0.25, 0.3) is 11.0 Å². The molecule has 21 heavy (non-hydrogen) atoms. The number of aryl methyl sites for hydroxylation is 2. The van der Waals surface area contributed by atoms with Crippen LogP contribution in [0.2, 0.25) is 0 Å². The van der Waals surface area contributed by atoms with Gasteiger partial charge in [0.05, 0.1) is 22.8 Å². The van der Waals surface area contributed by atoms with E-state index in [1.54, 1.807) is 26.0 Å². The Hall–Kier alpha value is -2.62. The Bertz CT molecular complexity index is 835. The van der Waals surface area contributed by atoms with Gasteiger partial charge in [-0.15, -0.1) is 0 Å². The highest BCUT2D eigenvalue weighted by atomic mass is 19.1. The van der Waals surface area contributed by atoms with Crippen LogP contribution in [0.5, 0.6) is 0 Å². The van der Waals surface area contributed by atoms with Gasteiger partial charge in [0.1, 0.15) is 11.5 Å². The summed E-state index contributed by atoms with van der Waals surface area (Å²) in [5.41, 5.74) is 2.92. The van der Waals surface area contributed by atoms with Crippen molar-refractivity contribution in [2.45, 2.75) is 13.8 Å². The summed E-state index contributed by atoms with van der Waals surface area (Å²) in [5.74, 6) is -0.962. The summed E-state index contributed by atoms with van der Waals surface area (Å²) >= 11 is 0. The number of fused-ring (bicyclic) bond motifs is 1. The number of hydrogen-bond acceptors (Lipinski definition) is 3. The van der Waals surface area contributed by atoms with E-state index >= 15 is 0 Å². The number of rotatable bonds is 2. The molecule has 1 heterocycles. The van der Waals surface area contributed by atoms with E-state index in [0.717, 1.165) is 5.56 Å². The van der Waals surface area contributed by atoms with Gasteiger partial charge in [-0.25, -0.2) is 9.37 Å². The SMILES string of the molecule is Cc1cc(C)c(C(=O)c2cnc3ccccc3n2)c(F)c1. The van der Waals surface area contributed by atoms with Gasteiger partial charge in [0.15, 0.2) is 0 Å². The van der Waals surface area contributed by atoms with Gasteiger partial charge in [-0.3, -0.25) is 9.78 Å². The predicted octanol–water partition coefficient (Wildman–Crippen LogP) is 3.62. The van der Waals surface area contributed by atoms with Crippen LogP contribution in [0.3, 0.4) is 0 Å². The van der Waals surface area contributed by atoms with Gasteiger partial charge in [0.2, 0.25) is 5.78 Å². The molecule has 0 radical (unpaired) electrons. The summed E-state index contributed by atoms with van der Waals surface area (Å²) in [5, 5.41) is 0. The molecule has 0 unspecified atom stereocenters. The molecule has 0 aliphatic carbocycles. The zero-order valence-corrected chi connectivity index (χ0v) is 11.7. The van der Waals surface area contributed by atoms with Crippen LogP contribution in [-0.4, -0.2) is 15.8 Å². The van der Waals surface area contributed by atoms with Crippen molar-refractivity contribution in [3.63, 3.8) is 0 Å². The molecule has 0 fully saturated rings. The standard InChI is InChI=1S/C17H13FN2O/c1-10-7-11(2)16(12(18)8-10)17(21)15-9-19-13-5-3-4-6-14(13)20-15/h3-9H,1-2H3. The average molecular weight is 280 g/mol. The zero-order chi connectivity index (χ0) is 15.0. The van der Waals surface area contributed by atoms with Crippen molar-refractivity contribution in [2.24, 2.45) is 0 Å². The molecular weight excluding hydrogens is 267 g/mol. The fourth-order valence-corrected chi connectivity index (χ4v) is 2.40. The molecule has 2 aromatic carbocycles. The second-order valence-corrected chi connectivity index (χ2v) is 5.01. The molecule has 0 amide bonds. The van der Waals surface area contributed by atoms with E-state index in [2.05, 4.69) is 9.97 Å². The highest BCUT2D eigenvalue weighted by Crippen LogP contribution is 2.19. The van der Waals surface area contributed by atoms with Gasteiger partial charge >= 0.3 is 0 Å². The third-order valence-electron chi connectivity index (χ3n) is 3.34. The van der Waals surface area contributed by atoms with Crippen LogP contribution in [0.15, 0.2) is 42.6 Å². The Balaban J connectivity index is 2.12. The minimum Gasteiger partial charge on any atom is -0.287 e. The van der Waals surface area contributed by atoms with Crippen LogP contribution in [0.1, 0.15) is 27.2 Å². The molecule has 3 nitrogen and oxygen atoms in total. The molecule has 3 rings (SSSR count). The molecule has 0 aliphatic heterocycles. The third-order valence-corrected chi connectivity index (χ3v) is 3.34. The zero-order valence-electron chi connectivity index (χ0n) is 11.7. The largest absolute Gasteiger partial charge is 0.287 e. The number of carbonyl (C=O) groups is 1. The molecule has 0 spiro atoms. The Morgan fingerprint density at radius 1 is 1.10 bits per heavy atom. The van der Waals surface area contributed by atoms with E-state index in [9.17, 15) is 9.18 Å². The van der Waals surface area contributed by atoms with Crippen LogP contribution >= 0.6 is 0 Å². The summed E-state index contributed by atoms with van der Waals surface area (Å²) in [6.07, 6.45) is 1.39. The van der Waals surface area contributed by atoms with Crippen molar-refractivity contribution >= 4 is 16.8 Å². The summed E-state index contributed by atoms with van der Waals surface area (Å²) in [4.78, 5) is 21.0. The summed E-state index contributed by atoms with van der Waals surface area (Å²) < 4.78 is 14.1. The van der Waals surface area contributed by atoms with Gasteiger partial charge in [0.25, 0.3) is 0 Å². The lowest BCUT2D eigenvalue weighted by Gasteiger charge is -2.08. The topological polar surface area (TPSA) is 42.9 Å². The number of hydrogen-bond donors (Lipinski definition) is 0. The van der Waals surface area contributed by atoms with Gasteiger partial charge in [0, 0.05) is 0 Å². The highest BCUT2D eigenvalue weighted by molar-refractivity contribution is 6.09. The number of ketones is 1. The summed E-state index contributed by atoms with van der Waals surface area (Å²) in [7, 11) is 0. The van der Waals surface area contributed by atoms with Crippen LogP contribution in [0, 0.1) is 19.7 Å². The first-order valence-corrected chi connectivity index (χ1v) is 6.59. The number of para-hydroxylation sites is 2. The van der Waals surface area contributed by atoms with Gasteiger partial charge in [-0.2, -0.15) is 0 Å². The number of carbonyl (C=O) groups excluding carboxylic acids is 1. The molecule has 1 aromatic heterocycles. The Kier molecular flexibility index (Phi) is 3.22. The number of aromatic nitrogens is 2. The lowest BCUT2D eigenvalue weighted by atomic mass is 10.00. The van der Waals surface area contributed by atoms with Crippen LogP contribution < -0.4 is 0 Å². The molecule has 0 aliphatic rings. The van der Waals surface area contributed by atoms with Crippen molar-refractivity contribution in [3.8, 4) is 0 Å². The van der Waals surface area contributed by atoms with E-state index in [4.69, 9.17) is 0 Å². The lowest BCUT2D eigenvalue weighted by Crippen LogP contribution is -2.10. The quantitative estimate of drug-likeness (QED) is 0.673. The molecule has 3 aromatic rings. The van der Waals surface area contributed by atoms with E-state index < -0.39 is 11.6 Å².